The van der Waals surface area contributed by atoms with Crippen LogP contribution in [-0.2, 0) is 11.2 Å². The van der Waals surface area contributed by atoms with E-state index in [2.05, 4.69) is 9.98 Å². The number of carbonyl (C=O) groups excluding carboxylic acids is 2. The first-order valence-electron chi connectivity index (χ1n) is 9.96. The third-order valence-electron chi connectivity index (χ3n) is 4.80. The van der Waals surface area contributed by atoms with E-state index in [0.29, 0.717) is 18.3 Å². The lowest BCUT2D eigenvalue weighted by Crippen LogP contribution is -2.19. The third-order valence-corrected chi connectivity index (χ3v) is 5.84. The molecule has 3 aromatic heterocycles. The number of ketones is 1. The van der Waals surface area contributed by atoms with E-state index < -0.39 is 0 Å². The second-order valence-electron chi connectivity index (χ2n) is 7.18. The first-order valence-corrected chi connectivity index (χ1v) is 10.8. The summed E-state index contributed by atoms with van der Waals surface area (Å²) in [6, 6.07) is 17.3. The second kappa shape index (κ2) is 9.06. The van der Waals surface area contributed by atoms with Gasteiger partial charge in [0.25, 0.3) is 0 Å². The summed E-state index contributed by atoms with van der Waals surface area (Å²) >= 11 is 1.53. The third kappa shape index (κ3) is 4.95. The predicted molar refractivity (Wildman–Crippen MR) is 121 cm³/mol. The molecule has 4 rings (SSSR count). The molecule has 1 amide bonds. The first-order chi connectivity index (χ1) is 15.0. The minimum atomic E-state index is -0.241. The fraction of sp³-hybridized carbons (Fsp3) is 0.167. The van der Waals surface area contributed by atoms with Crippen LogP contribution in [0.15, 0.2) is 78.3 Å². The number of nitrogens with zero attached hydrogens (tertiary/aromatic N) is 4. The zero-order chi connectivity index (χ0) is 21.8. The average molecular weight is 431 g/mol. The molecule has 156 valence electrons. The number of hydrogen-bond acceptors (Lipinski definition) is 4. The van der Waals surface area contributed by atoms with Crippen molar-refractivity contribution < 1.29 is 9.59 Å². The van der Waals surface area contributed by atoms with Gasteiger partial charge >= 0.3 is 0 Å². The lowest BCUT2D eigenvalue weighted by Gasteiger charge is -2.08. The van der Waals surface area contributed by atoms with E-state index in [0.717, 1.165) is 26.8 Å². The molecule has 0 radical (unpaired) electrons. The van der Waals surface area contributed by atoms with Crippen molar-refractivity contribution in [3.63, 3.8) is 0 Å². The quantitative estimate of drug-likeness (QED) is 0.428. The number of pyridine rings is 1. The molecule has 0 fully saturated rings. The highest BCUT2D eigenvalue weighted by Crippen LogP contribution is 2.18. The largest absolute Gasteiger partial charge is 0.306 e. The van der Waals surface area contributed by atoms with Gasteiger partial charge in [-0.2, -0.15) is 4.99 Å². The van der Waals surface area contributed by atoms with Crippen LogP contribution in [0.3, 0.4) is 0 Å². The minimum absolute atomic E-state index is 0.156. The smallest absolute Gasteiger partial charge is 0.244 e. The maximum atomic E-state index is 12.3. The van der Waals surface area contributed by atoms with Gasteiger partial charge in [-0.25, -0.2) is 4.98 Å². The summed E-state index contributed by atoms with van der Waals surface area (Å²) in [5.41, 5.74) is 3.33. The highest BCUT2D eigenvalue weighted by Gasteiger charge is 2.10. The van der Waals surface area contributed by atoms with Crippen LogP contribution in [0.25, 0.3) is 11.4 Å². The Morgan fingerprint density at radius 2 is 1.81 bits per heavy atom. The van der Waals surface area contributed by atoms with E-state index in [-0.39, 0.29) is 11.7 Å². The van der Waals surface area contributed by atoms with E-state index in [1.807, 2.05) is 77.0 Å². The van der Waals surface area contributed by atoms with Crippen LogP contribution in [0.5, 0.6) is 0 Å². The van der Waals surface area contributed by atoms with Crippen molar-refractivity contribution in [2.45, 2.75) is 26.7 Å². The molecule has 0 aliphatic rings. The molecule has 1 aromatic carbocycles. The molecule has 4 aromatic rings. The van der Waals surface area contributed by atoms with Crippen LogP contribution in [0.1, 0.15) is 33.6 Å². The van der Waals surface area contributed by atoms with Crippen LogP contribution in [-0.4, -0.2) is 25.8 Å². The first kappa shape index (κ1) is 20.7. The molecule has 0 saturated heterocycles. The number of amides is 1. The summed E-state index contributed by atoms with van der Waals surface area (Å²) in [5.74, 6) is -0.0844. The normalized spacial score (nSPS) is 11.6. The van der Waals surface area contributed by atoms with Crippen molar-refractivity contribution in [3.05, 3.63) is 94.3 Å². The van der Waals surface area contributed by atoms with E-state index in [4.69, 9.17) is 0 Å². The van der Waals surface area contributed by atoms with Gasteiger partial charge in [-0.05, 0) is 61.9 Å². The summed E-state index contributed by atoms with van der Waals surface area (Å²) in [7, 11) is 0. The fourth-order valence-corrected chi connectivity index (χ4v) is 4.11. The van der Waals surface area contributed by atoms with Crippen LogP contribution in [0, 0.1) is 6.92 Å². The van der Waals surface area contributed by atoms with Crippen LogP contribution in [0.4, 0.5) is 0 Å². The summed E-state index contributed by atoms with van der Waals surface area (Å²) < 4.78 is 3.80. The zero-order valence-corrected chi connectivity index (χ0v) is 18.2. The average Bonchev–Trinajstić information content (AvgIpc) is 3.41. The molecule has 0 aliphatic heterocycles. The van der Waals surface area contributed by atoms with Crippen LogP contribution >= 0.6 is 11.3 Å². The van der Waals surface area contributed by atoms with Crippen molar-refractivity contribution in [1.82, 2.24) is 14.1 Å². The van der Waals surface area contributed by atoms with E-state index >= 15 is 0 Å². The Kier molecular flexibility index (Phi) is 6.04. The molecule has 31 heavy (non-hydrogen) atoms. The maximum Gasteiger partial charge on any atom is 0.244 e. The number of thiophene rings is 1. The van der Waals surface area contributed by atoms with Gasteiger partial charge in [0, 0.05) is 42.0 Å². The fourth-order valence-electron chi connectivity index (χ4n) is 3.27. The second-order valence-corrected chi connectivity index (χ2v) is 8.47. The van der Waals surface area contributed by atoms with Gasteiger partial charge in [-0.1, -0.05) is 6.07 Å². The molecule has 0 unspecified atom stereocenters. The predicted octanol–water partition coefficient (Wildman–Crippen LogP) is 4.30. The summed E-state index contributed by atoms with van der Waals surface area (Å²) in [4.78, 5) is 34.2. The van der Waals surface area contributed by atoms with Crippen molar-refractivity contribution >= 4 is 23.0 Å². The Morgan fingerprint density at radius 3 is 2.52 bits per heavy atom. The topological polar surface area (TPSA) is 69.2 Å². The maximum absolute atomic E-state index is 12.3. The van der Waals surface area contributed by atoms with Crippen molar-refractivity contribution in [1.29, 1.82) is 0 Å². The Balaban J connectivity index is 1.48. The standard InChI is InChI=1S/C24H22N4O2S/c1-17-6-13-23(31-17)22(30)12-7-19-15-27(16-25-19)20-8-10-21(11-9-20)28-14-4-3-5-24(28)26-18(2)29/h3-6,8-11,13-16H,7,12H2,1-2H3. The molecule has 0 bridgehead atoms. The Morgan fingerprint density at radius 1 is 1.03 bits per heavy atom. The summed E-state index contributed by atoms with van der Waals surface area (Å²) in [6.07, 6.45) is 6.64. The van der Waals surface area contributed by atoms with E-state index in [1.165, 1.54) is 18.3 Å². The molecule has 0 aliphatic carbocycles. The molecule has 0 atom stereocenters. The van der Waals surface area contributed by atoms with Gasteiger partial charge in [-0.3, -0.25) is 9.59 Å². The number of rotatable bonds is 6. The SMILES string of the molecule is CC(=O)N=c1ccccn1-c1ccc(-n2cnc(CCC(=O)c3ccc(C)s3)c2)cc1. The van der Waals surface area contributed by atoms with Gasteiger partial charge in [0.15, 0.2) is 5.78 Å². The molecule has 7 heteroatoms. The summed E-state index contributed by atoms with van der Waals surface area (Å²) in [6.45, 7) is 3.44. The molecule has 6 nitrogen and oxygen atoms in total. The summed E-state index contributed by atoms with van der Waals surface area (Å²) in [5, 5.41) is 0. The van der Waals surface area contributed by atoms with Crippen LogP contribution in [0.2, 0.25) is 0 Å². The lowest BCUT2D eigenvalue weighted by atomic mass is 10.1. The molecular formula is C24H22N4O2S. The lowest BCUT2D eigenvalue weighted by molar-refractivity contribution is -0.116. The number of carbonyl (C=O) groups is 2. The van der Waals surface area contributed by atoms with Gasteiger partial charge in [-0.15, -0.1) is 11.3 Å². The van der Waals surface area contributed by atoms with Gasteiger partial charge in [0.2, 0.25) is 5.91 Å². The van der Waals surface area contributed by atoms with Crippen molar-refractivity contribution in [3.8, 4) is 11.4 Å². The van der Waals surface area contributed by atoms with E-state index in [9.17, 15) is 9.59 Å². The van der Waals surface area contributed by atoms with Gasteiger partial charge in [0.05, 0.1) is 16.9 Å². The van der Waals surface area contributed by atoms with Crippen LogP contribution < -0.4 is 5.49 Å². The number of benzene rings is 1. The number of hydrogen-bond donors (Lipinski definition) is 0. The zero-order valence-electron chi connectivity index (χ0n) is 17.4. The van der Waals surface area contributed by atoms with Gasteiger partial charge < -0.3 is 9.13 Å². The van der Waals surface area contributed by atoms with Gasteiger partial charge in [0.1, 0.15) is 5.49 Å². The molecule has 0 N–H and O–H groups in total. The van der Waals surface area contributed by atoms with Crippen molar-refractivity contribution in [2.24, 2.45) is 4.99 Å². The highest BCUT2D eigenvalue weighted by atomic mass is 32.1. The minimum Gasteiger partial charge on any atom is -0.306 e. The van der Waals surface area contributed by atoms with Crippen molar-refractivity contribution in [2.75, 3.05) is 0 Å². The number of imidazole rings is 1. The Bertz CT molecular complexity index is 1300. The molecule has 0 saturated carbocycles. The molecular weight excluding hydrogens is 408 g/mol. The highest BCUT2D eigenvalue weighted by molar-refractivity contribution is 7.14. The Labute approximate surface area is 184 Å². The number of aryl methyl sites for hydroxylation is 2. The monoisotopic (exact) mass is 430 g/mol. The Hall–Kier alpha value is -3.58. The molecule has 0 spiro atoms. The number of aromatic nitrogens is 3. The molecule has 3 heterocycles. The number of Topliss-reactive ketones (excluding diaryl/α,β-unsaturated/α-hetero) is 1. The van der Waals surface area contributed by atoms with E-state index in [1.54, 1.807) is 12.4 Å².